The molecule has 3 aromatic rings. The predicted octanol–water partition coefficient (Wildman–Crippen LogP) is 3.76. The number of anilines is 2. The molecule has 0 saturated carbocycles. The Kier molecular flexibility index (Phi) is 5.10. The Morgan fingerprint density at radius 3 is 2.69 bits per heavy atom. The Hall–Kier alpha value is -2.78. The van der Waals surface area contributed by atoms with Crippen molar-refractivity contribution in [3.8, 4) is 22.8 Å². The standard InChI is InChI=1S/C20H21N3O4S2/c1-13-19(14-4-6-15(26-3)7-5-14)21-20(28-13)22-29(24,25)16-8-9-18-17(12-16)23(2)10-11-27-18/h4-9,12H,10-11H2,1-3H3,(H,21,22). The lowest BCUT2D eigenvalue weighted by molar-refractivity contribution is 0.311. The van der Waals surface area contributed by atoms with Gasteiger partial charge in [0, 0.05) is 17.5 Å². The third-order valence-electron chi connectivity index (χ3n) is 4.72. The molecule has 9 heteroatoms. The van der Waals surface area contributed by atoms with Crippen molar-refractivity contribution in [1.29, 1.82) is 0 Å². The lowest BCUT2D eigenvalue weighted by Crippen LogP contribution is -2.29. The number of thiazole rings is 1. The summed E-state index contributed by atoms with van der Waals surface area (Å²) in [5.41, 5.74) is 2.40. The number of sulfonamides is 1. The van der Waals surface area contributed by atoms with Crippen LogP contribution in [0, 0.1) is 6.92 Å². The highest BCUT2D eigenvalue weighted by Gasteiger charge is 2.22. The minimum atomic E-state index is -3.77. The van der Waals surface area contributed by atoms with E-state index in [-0.39, 0.29) is 4.90 Å². The van der Waals surface area contributed by atoms with Crippen LogP contribution in [0.25, 0.3) is 11.3 Å². The smallest absolute Gasteiger partial charge is 0.263 e. The zero-order chi connectivity index (χ0) is 20.6. The van der Waals surface area contributed by atoms with Crippen molar-refractivity contribution in [3.05, 3.63) is 47.3 Å². The minimum Gasteiger partial charge on any atom is -0.497 e. The van der Waals surface area contributed by atoms with Gasteiger partial charge in [0.05, 0.1) is 29.9 Å². The van der Waals surface area contributed by atoms with E-state index in [0.717, 1.165) is 27.6 Å². The van der Waals surface area contributed by atoms with Crippen LogP contribution in [0.4, 0.5) is 10.8 Å². The summed E-state index contributed by atoms with van der Waals surface area (Å²) in [6.45, 7) is 3.21. The molecule has 2 aromatic carbocycles. The van der Waals surface area contributed by atoms with Crippen LogP contribution >= 0.6 is 11.3 Å². The number of nitrogens with zero attached hydrogens (tertiary/aromatic N) is 2. The quantitative estimate of drug-likeness (QED) is 0.663. The topological polar surface area (TPSA) is 80.8 Å². The first kappa shape index (κ1) is 19.5. The molecule has 1 aliphatic heterocycles. The molecular weight excluding hydrogens is 410 g/mol. The number of hydrogen-bond acceptors (Lipinski definition) is 7. The van der Waals surface area contributed by atoms with Gasteiger partial charge < -0.3 is 14.4 Å². The molecule has 0 aliphatic carbocycles. The molecule has 1 aromatic heterocycles. The van der Waals surface area contributed by atoms with Crippen molar-refractivity contribution < 1.29 is 17.9 Å². The molecule has 0 saturated heterocycles. The van der Waals surface area contributed by atoms with E-state index in [1.165, 1.54) is 11.3 Å². The highest BCUT2D eigenvalue weighted by atomic mass is 32.2. The third-order valence-corrected chi connectivity index (χ3v) is 7.07. The summed E-state index contributed by atoms with van der Waals surface area (Å²) >= 11 is 1.30. The average molecular weight is 432 g/mol. The SMILES string of the molecule is COc1ccc(-c2nc(NS(=O)(=O)c3ccc4c(c3)N(C)CCO4)sc2C)cc1. The summed E-state index contributed by atoms with van der Waals surface area (Å²) in [7, 11) is -0.246. The molecule has 0 spiro atoms. The summed E-state index contributed by atoms with van der Waals surface area (Å²) in [4.78, 5) is 7.58. The van der Waals surface area contributed by atoms with E-state index in [1.54, 1.807) is 25.3 Å². The molecule has 0 bridgehead atoms. The second kappa shape index (κ2) is 7.57. The number of aromatic nitrogens is 1. The molecule has 0 amide bonds. The van der Waals surface area contributed by atoms with Gasteiger partial charge in [-0.15, -0.1) is 11.3 Å². The minimum absolute atomic E-state index is 0.174. The van der Waals surface area contributed by atoms with Crippen molar-refractivity contribution in [2.24, 2.45) is 0 Å². The fraction of sp³-hybridized carbons (Fsp3) is 0.250. The molecule has 0 radical (unpaired) electrons. The number of methoxy groups -OCH3 is 1. The number of benzene rings is 2. The molecule has 0 unspecified atom stereocenters. The lowest BCUT2D eigenvalue weighted by Gasteiger charge is -2.27. The van der Waals surface area contributed by atoms with E-state index in [0.29, 0.717) is 24.0 Å². The van der Waals surface area contributed by atoms with E-state index < -0.39 is 10.0 Å². The summed E-state index contributed by atoms with van der Waals surface area (Å²) in [6.07, 6.45) is 0. The summed E-state index contributed by atoms with van der Waals surface area (Å²) in [6, 6.07) is 12.4. The van der Waals surface area contributed by atoms with Gasteiger partial charge in [-0.05, 0) is 49.4 Å². The number of rotatable bonds is 5. The largest absolute Gasteiger partial charge is 0.497 e. The molecule has 4 rings (SSSR count). The van der Waals surface area contributed by atoms with Gasteiger partial charge in [-0.25, -0.2) is 13.4 Å². The predicted molar refractivity (Wildman–Crippen MR) is 115 cm³/mol. The molecule has 0 fully saturated rings. The highest BCUT2D eigenvalue weighted by Crippen LogP contribution is 2.35. The molecule has 1 aliphatic rings. The maximum absolute atomic E-state index is 12.9. The van der Waals surface area contributed by atoms with Crippen LogP contribution in [-0.4, -0.2) is 40.7 Å². The Balaban J connectivity index is 1.61. The van der Waals surface area contributed by atoms with Gasteiger partial charge in [-0.1, -0.05) is 0 Å². The first-order valence-corrected chi connectivity index (χ1v) is 11.3. The van der Waals surface area contributed by atoms with Gasteiger partial charge in [-0.3, -0.25) is 4.72 Å². The maximum Gasteiger partial charge on any atom is 0.263 e. The highest BCUT2D eigenvalue weighted by molar-refractivity contribution is 7.93. The zero-order valence-electron chi connectivity index (χ0n) is 16.3. The first-order valence-electron chi connectivity index (χ1n) is 9.00. The number of likely N-dealkylation sites (N-methyl/N-ethyl adjacent to an activating group) is 1. The fourth-order valence-corrected chi connectivity index (χ4v) is 5.22. The van der Waals surface area contributed by atoms with Gasteiger partial charge in [0.25, 0.3) is 10.0 Å². The average Bonchev–Trinajstić information content (AvgIpc) is 3.07. The Morgan fingerprint density at radius 1 is 1.21 bits per heavy atom. The monoisotopic (exact) mass is 431 g/mol. The zero-order valence-corrected chi connectivity index (χ0v) is 17.9. The van der Waals surface area contributed by atoms with Gasteiger partial charge in [-0.2, -0.15) is 0 Å². The van der Waals surface area contributed by atoms with Crippen molar-refractivity contribution in [2.75, 3.05) is 36.9 Å². The van der Waals surface area contributed by atoms with Crippen molar-refractivity contribution in [1.82, 2.24) is 4.98 Å². The normalized spacial score (nSPS) is 13.6. The van der Waals surface area contributed by atoms with E-state index in [2.05, 4.69) is 9.71 Å². The molecule has 152 valence electrons. The van der Waals surface area contributed by atoms with E-state index in [9.17, 15) is 8.42 Å². The summed E-state index contributed by atoms with van der Waals surface area (Å²) in [5, 5.41) is 0.329. The molecule has 7 nitrogen and oxygen atoms in total. The second-order valence-corrected chi connectivity index (χ2v) is 9.54. The third kappa shape index (κ3) is 3.88. The van der Waals surface area contributed by atoms with Crippen molar-refractivity contribution >= 4 is 32.2 Å². The molecule has 29 heavy (non-hydrogen) atoms. The first-order chi connectivity index (χ1) is 13.9. The van der Waals surface area contributed by atoms with Crippen LogP contribution in [0.3, 0.4) is 0 Å². The summed E-state index contributed by atoms with van der Waals surface area (Å²) in [5.74, 6) is 1.44. The van der Waals surface area contributed by atoms with Crippen LogP contribution < -0.4 is 19.1 Å². The number of aryl methyl sites for hydroxylation is 1. The van der Waals surface area contributed by atoms with Gasteiger partial charge in [0.15, 0.2) is 5.13 Å². The molecule has 0 atom stereocenters. The van der Waals surface area contributed by atoms with E-state index in [1.807, 2.05) is 43.1 Å². The molecular formula is C20H21N3O4S2. The van der Waals surface area contributed by atoms with Crippen LogP contribution in [-0.2, 0) is 10.0 Å². The van der Waals surface area contributed by atoms with Gasteiger partial charge in [0.2, 0.25) is 0 Å². The summed E-state index contributed by atoms with van der Waals surface area (Å²) < 4.78 is 39.2. The van der Waals surface area contributed by atoms with Crippen LogP contribution in [0.2, 0.25) is 0 Å². The van der Waals surface area contributed by atoms with Crippen LogP contribution in [0.15, 0.2) is 47.4 Å². The van der Waals surface area contributed by atoms with Crippen LogP contribution in [0.5, 0.6) is 11.5 Å². The number of fused-ring (bicyclic) bond motifs is 1. The molecule has 1 N–H and O–H groups in total. The Morgan fingerprint density at radius 2 is 1.97 bits per heavy atom. The number of nitrogens with one attached hydrogen (secondary N) is 1. The number of hydrogen-bond donors (Lipinski definition) is 1. The van der Waals surface area contributed by atoms with E-state index >= 15 is 0 Å². The van der Waals surface area contributed by atoms with Crippen molar-refractivity contribution in [2.45, 2.75) is 11.8 Å². The maximum atomic E-state index is 12.9. The lowest BCUT2D eigenvalue weighted by atomic mass is 10.1. The van der Waals surface area contributed by atoms with E-state index in [4.69, 9.17) is 9.47 Å². The number of ether oxygens (including phenoxy) is 2. The molecule has 2 heterocycles. The van der Waals surface area contributed by atoms with Crippen molar-refractivity contribution in [3.63, 3.8) is 0 Å². The van der Waals surface area contributed by atoms with Crippen LogP contribution in [0.1, 0.15) is 4.88 Å². The van der Waals surface area contributed by atoms with Gasteiger partial charge >= 0.3 is 0 Å². The van der Waals surface area contributed by atoms with Gasteiger partial charge in [0.1, 0.15) is 18.1 Å². The Labute approximate surface area is 174 Å². The fourth-order valence-electron chi connectivity index (χ4n) is 3.13. The Bertz CT molecular complexity index is 1140. The second-order valence-electron chi connectivity index (χ2n) is 6.66.